The standard InChI is InChI=1S/C13H17F3N2O2S/c14-13(15,16)21(19,20)12-3-1-11(2-4-12)18-9-10-5-7-17-8-6-10/h1-4,10,17-18H,5-9H2. The molecule has 2 N–H and O–H groups in total. The van der Waals surface area contributed by atoms with E-state index in [1.54, 1.807) is 0 Å². The summed E-state index contributed by atoms with van der Waals surface area (Å²) in [5, 5.41) is 6.38. The van der Waals surface area contributed by atoms with Crippen molar-refractivity contribution in [3.05, 3.63) is 24.3 Å². The van der Waals surface area contributed by atoms with Crippen LogP contribution in [0.15, 0.2) is 29.2 Å². The molecule has 0 atom stereocenters. The van der Waals surface area contributed by atoms with Gasteiger partial charge in [-0.25, -0.2) is 8.42 Å². The lowest BCUT2D eigenvalue weighted by atomic mass is 9.98. The first kappa shape index (κ1) is 16.1. The molecule has 1 aliphatic heterocycles. The zero-order chi connectivity index (χ0) is 15.5. The van der Waals surface area contributed by atoms with E-state index < -0.39 is 20.2 Å². The number of benzene rings is 1. The van der Waals surface area contributed by atoms with Crippen LogP contribution < -0.4 is 10.6 Å². The van der Waals surface area contributed by atoms with Crippen LogP contribution in [0.25, 0.3) is 0 Å². The minimum Gasteiger partial charge on any atom is -0.385 e. The third-order valence-electron chi connectivity index (χ3n) is 3.52. The summed E-state index contributed by atoms with van der Waals surface area (Å²) in [6, 6.07) is 4.68. The van der Waals surface area contributed by atoms with Gasteiger partial charge < -0.3 is 10.6 Å². The fourth-order valence-electron chi connectivity index (χ4n) is 2.23. The zero-order valence-corrected chi connectivity index (χ0v) is 12.1. The molecular weight excluding hydrogens is 305 g/mol. The van der Waals surface area contributed by atoms with Gasteiger partial charge in [-0.15, -0.1) is 0 Å². The van der Waals surface area contributed by atoms with Gasteiger partial charge in [-0.3, -0.25) is 0 Å². The van der Waals surface area contributed by atoms with Crippen molar-refractivity contribution >= 4 is 15.5 Å². The Morgan fingerprint density at radius 3 is 2.24 bits per heavy atom. The van der Waals surface area contributed by atoms with Gasteiger partial charge in [0.1, 0.15) is 0 Å². The van der Waals surface area contributed by atoms with E-state index in [-0.39, 0.29) is 0 Å². The Labute approximate surface area is 121 Å². The minimum atomic E-state index is -5.27. The second-order valence-electron chi connectivity index (χ2n) is 5.05. The molecule has 1 aliphatic rings. The summed E-state index contributed by atoms with van der Waals surface area (Å²) in [7, 11) is -5.26. The predicted molar refractivity (Wildman–Crippen MR) is 73.8 cm³/mol. The van der Waals surface area contributed by atoms with Gasteiger partial charge in [0, 0.05) is 12.2 Å². The number of anilines is 1. The summed E-state index contributed by atoms with van der Waals surface area (Å²) >= 11 is 0. The highest BCUT2D eigenvalue weighted by molar-refractivity contribution is 7.92. The van der Waals surface area contributed by atoms with Crippen molar-refractivity contribution in [2.45, 2.75) is 23.2 Å². The summed E-state index contributed by atoms with van der Waals surface area (Å²) in [5.74, 6) is 0.518. The lowest BCUT2D eigenvalue weighted by Crippen LogP contribution is -2.31. The van der Waals surface area contributed by atoms with Crippen molar-refractivity contribution in [3.8, 4) is 0 Å². The van der Waals surface area contributed by atoms with Crippen molar-refractivity contribution in [2.24, 2.45) is 5.92 Å². The highest BCUT2D eigenvalue weighted by atomic mass is 32.2. The fraction of sp³-hybridized carbons (Fsp3) is 0.538. The van der Waals surface area contributed by atoms with Crippen LogP contribution >= 0.6 is 0 Å². The van der Waals surface area contributed by atoms with Crippen LogP contribution in [0.2, 0.25) is 0 Å². The topological polar surface area (TPSA) is 58.2 Å². The van der Waals surface area contributed by atoms with Gasteiger partial charge in [-0.2, -0.15) is 13.2 Å². The van der Waals surface area contributed by atoms with Gasteiger partial charge in [0.25, 0.3) is 9.84 Å². The third-order valence-corrected chi connectivity index (χ3v) is 5.03. The number of piperidine rings is 1. The van der Waals surface area contributed by atoms with E-state index in [4.69, 9.17) is 0 Å². The Hall–Kier alpha value is -1.28. The molecule has 4 nitrogen and oxygen atoms in total. The van der Waals surface area contributed by atoms with Crippen LogP contribution in [-0.2, 0) is 9.84 Å². The number of hydrogen-bond donors (Lipinski definition) is 2. The summed E-state index contributed by atoms with van der Waals surface area (Å²) in [4.78, 5) is -0.734. The molecule has 0 bridgehead atoms. The molecule has 21 heavy (non-hydrogen) atoms. The Bertz CT molecular complexity index is 564. The molecule has 1 heterocycles. The lowest BCUT2D eigenvalue weighted by Gasteiger charge is -2.23. The molecule has 1 aromatic rings. The monoisotopic (exact) mass is 322 g/mol. The van der Waals surface area contributed by atoms with Crippen LogP contribution in [0, 0.1) is 5.92 Å². The lowest BCUT2D eigenvalue weighted by molar-refractivity contribution is -0.0436. The van der Waals surface area contributed by atoms with Crippen molar-refractivity contribution in [2.75, 3.05) is 25.0 Å². The Morgan fingerprint density at radius 1 is 1.14 bits per heavy atom. The second kappa shape index (κ2) is 6.23. The zero-order valence-electron chi connectivity index (χ0n) is 11.3. The highest BCUT2D eigenvalue weighted by Gasteiger charge is 2.46. The van der Waals surface area contributed by atoms with Gasteiger partial charge in [-0.05, 0) is 56.1 Å². The van der Waals surface area contributed by atoms with Crippen molar-refractivity contribution in [3.63, 3.8) is 0 Å². The van der Waals surface area contributed by atoms with E-state index in [2.05, 4.69) is 10.6 Å². The van der Waals surface area contributed by atoms with Crippen molar-refractivity contribution < 1.29 is 21.6 Å². The molecule has 0 unspecified atom stereocenters. The maximum absolute atomic E-state index is 12.4. The van der Waals surface area contributed by atoms with E-state index in [9.17, 15) is 21.6 Å². The quantitative estimate of drug-likeness (QED) is 0.894. The predicted octanol–water partition coefficient (Wildman–Crippen LogP) is 2.39. The van der Waals surface area contributed by atoms with E-state index in [1.807, 2.05) is 0 Å². The van der Waals surface area contributed by atoms with Gasteiger partial charge >= 0.3 is 5.51 Å². The van der Waals surface area contributed by atoms with Crippen molar-refractivity contribution in [1.29, 1.82) is 0 Å². The maximum atomic E-state index is 12.4. The molecule has 1 aromatic carbocycles. The molecule has 0 saturated carbocycles. The molecule has 0 amide bonds. The van der Waals surface area contributed by atoms with E-state index >= 15 is 0 Å². The second-order valence-corrected chi connectivity index (χ2v) is 6.99. The Kier molecular flexibility index (Phi) is 4.77. The first-order chi connectivity index (χ1) is 9.80. The molecule has 0 spiro atoms. The first-order valence-corrected chi connectivity index (χ1v) is 8.15. The van der Waals surface area contributed by atoms with Crippen molar-refractivity contribution in [1.82, 2.24) is 5.32 Å². The molecule has 1 saturated heterocycles. The third kappa shape index (κ3) is 3.88. The number of nitrogens with one attached hydrogen (secondary N) is 2. The molecule has 0 aliphatic carbocycles. The highest BCUT2D eigenvalue weighted by Crippen LogP contribution is 2.30. The molecule has 0 radical (unpaired) electrons. The number of rotatable bonds is 4. The van der Waals surface area contributed by atoms with Crippen LogP contribution in [0.5, 0.6) is 0 Å². The van der Waals surface area contributed by atoms with Crippen LogP contribution in [0.3, 0.4) is 0 Å². The van der Waals surface area contributed by atoms with E-state index in [0.717, 1.165) is 44.6 Å². The summed E-state index contributed by atoms with van der Waals surface area (Å²) in [6.45, 7) is 2.66. The summed E-state index contributed by atoms with van der Waals surface area (Å²) in [6.07, 6.45) is 2.10. The van der Waals surface area contributed by atoms with Gasteiger partial charge in [0.2, 0.25) is 0 Å². The number of hydrogen-bond acceptors (Lipinski definition) is 4. The van der Waals surface area contributed by atoms with E-state index in [1.165, 1.54) is 12.1 Å². The SMILES string of the molecule is O=S(=O)(c1ccc(NCC2CCNCC2)cc1)C(F)(F)F. The van der Waals surface area contributed by atoms with Gasteiger partial charge in [0.05, 0.1) is 4.90 Å². The Morgan fingerprint density at radius 2 is 1.71 bits per heavy atom. The van der Waals surface area contributed by atoms with Crippen LogP contribution in [0.1, 0.15) is 12.8 Å². The molecule has 1 fully saturated rings. The average molecular weight is 322 g/mol. The van der Waals surface area contributed by atoms with Crippen LogP contribution in [-0.4, -0.2) is 33.6 Å². The van der Waals surface area contributed by atoms with Crippen LogP contribution in [0.4, 0.5) is 18.9 Å². The number of halogens is 3. The Balaban J connectivity index is 1.99. The molecule has 0 aromatic heterocycles. The number of sulfone groups is 1. The maximum Gasteiger partial charge on any atom is 0.501 e. The van der Waals surface area contributed by atoms with Gasteiger partial charge in [0.15, 0.2) is 0 Å². The smallest absolute Gasteiger partial charge is 0.385 e. The summed E-state index contributed by atoms with van der Waals surface area (Å²) in [5.41, 5.74) is -4.65. The molecule has 8 heteroatoms. The summed E-state index contributed by atoms with van der Waals surface area (Å²) < 4.78 is 59.6. The molecule has 118 valence electrons. The van der Waals surface area contributed by atoms with E-state index in [0.29, 0.717) is 11.6 Å². The molecular formula is C13H17F3N2O2S. The minimum absolute atomic E-state index is 0.518. The average Bonchev–Trinajstić information content (AvgIpc) is 2.45. The molecule has 2 rings (SSSR count). The van der Waals surface area contributed by atoms with Gasteiger partial charge in [-0.1, -0.05) is 0 Å². The largest absolute Gasteiger partial charge is 0.501 e. The first-order valence-electron chi connectivity index (χ1n) is 6.67. The number of alkyl halides is 3. The normalized spacial score (nSPS) is 17.7. The fourth-order valence-corrected chi connectivity index (χ4v) is 3.00.